The van der Waals surface area contributed by atoms with Crippen molar-refractivity contribution in [3.05, 3.63) is 23.8 Å². The van der Waals surface area contributed by atoms with Crippen molar-refractivity contribution in [3.63, 3.8) is 0 Å². The number of nitrogens with zero attached hydrogens (tertiary/aromatic N) is 1. The van der Waals surface area contributed by atoms with Crippen LogP contribution >= 0.6 is 0 Å². The lowest BCUT2D eigenvalue weighted by Crippen LogP contribution is -2.30. The molecule has 1 fully saturated rings. The Morgan fingerprint density at radius 3 is 2.83 bits per heavy atom. The number of carbonyl (C=O) groups is 1. The van der Waals surface area contributed by atoms with E-state index in [2.05, 4.69) is 5.32 Å². The molecule has 1 aromatic rings. The number of ether oxygens (including phenoxy) is 2. The minimum Gasteiger partial charge on any atom is -0.486 e. The van der Waals surface area contributed by atoms with E-state index in [0.29, 0.717) is 13.2 Å². The van der Waals surface area contributed by atoms with Crippen LogP contribution < -0.4 is 14.8 Å². The van der Waals surface area contributed by atoms with Gasteiger partial charge in [0.25, 0.3) is 0 Å². The molecule has 3 rings (SSSR count). The summed E-state index contributed by atoms with van der Waals surface area (Å²) in [6.45, 7) is 3.50. The maximum Gasteiger partial charge on any atom is 0.317 e. The molecule has 0 unspecified atom stereocenters. The molecule has 2 heterocycles. The summed E-state index contributed by atoms with van der Waals surface area (Å²) in [7, 11) is 0. The van der Waals surface area contributed by atoms with Gasteiger partial charge in [0, 0.05) is 19.6 Å². The summed E-state index contributed by atoms with van der Waals surface area (Å²) in [4.78, 5) is 13.2. The molecule has 2 aliphatic rings. The molecule has 1 N–H and O–H groups in total. The van der Waals surface area contributed by atoms with Crippen LogP contribution in [0.1, 0.15) is 5.56 Å². The number of urea groups is 1. The van der Waals surface area contributed by atoms with Crippen LogP contribution in [0.25, 0.3) is 0 Å². The van der Waals surface area contributed by atoms with Gasteiger partial charge in [-0.3, -0.25) is 0 Å². The van der Waals surface area contributed by atoms with Crippen molar-refractivity contribution in [1.29, 1.82) is 0 Å². The number of amides is 2. The Balaban J connectivity index is 1.64. The average molecular weight is 248 g/mol. The molecule has 2 amide bonds. The van der Waals surface area contributed by atoms with E-state index >= 15 is 0 Å². The molecule has 0 aromatic heterocycles. The SMILES string of the molecule is O=C1NCCN1CCc1ccc2c(c1)OCCO2. The standard InChI is InChI=1S/C13H16N2O3/c16-13-14-4-6-15(13)5-3-10-1-2-11-12(9-10)18-8-7-17-11/h1-2,9H,3-8H2,(H,14,16). The highest BCUT2D eigenvalue weighted by Crippen LogP contribution is 2.30. The van der Waals surface area contributed by atoms with Crippen LogP contribution in [0.3, 0.4) is 0 Å². The predicted molar refractivity (Wildman–Crippen MR) is 66.1 cm³/mol. The molecular weight excluding hydrogens is 232 g/mol. The first-order chi connectivity index (χ1) is 8.83. The van der Waals surface area contributed by atoms with E-state index in [0.717, 1.165) is 37.6 Å². The highest BCUT2D eigenvalue weighted by atomic mass is 16.6. The fourth-order valence-corrected chi connectivity index (χ4v) is 2.23. The number of hydrogen-bond acceptors (Lipinski definition) is 3. The van der Waals surface area contributed by atoms with Crippen molar-refractivity contribution in [1.82, 2.24) is 10.2 Å². The van der Waals surface area contributed by atoms with Crippen LogP contribution in [0.5, 0.6) is 11.5 Å². The Morgan fingerprint density at radius 2 is 2.06 bits per heavy atom. The van der Waals surface area contributed by atoms with Gasteiger partial charge < -0.3 is 19.7 Å². The van der Waals surface area contributed by atoms with E-state index in [9.17, 15) is 4.79 Å². The summed E-state index contributed by atoms with van der Waals surface area (Å²) in [6, 6.07) is 6.00. The molecule has 0 radical (unpaired) electrons. The van der Waals surface area contributed by atoms with Crippen molar-refractivity contribution in [2.75, 3.05) is 32.8 Å². The molecule has 1 saturated heterocycles. The third kappa shape index (κ3) is 2.20. The maximum absolute atomic E-state index is 11.4. The molecular formula is C13H16N2O3. The molecule has 96 valence electrons. The van der Waals surface area contributed by atoms with Gasteiger partial charge >= 0.3 is 6.03 Å². The summed E-state index contributed by atoms with van der Waals surface area (Å²) >= 11 is 0. The van der Waals surface area contributed by atoms with Crippen molar-refractivity contribution < 1.29 is 14.3 Å². The van der Waals surface area contributed by atoms with E-state index in [1.807, 2.05) is 23.1 Å². The van der Waals surface area contributed by atoms with E-state index in [4.69, 9.17) is 9.47 Å². The second kappa shape index (κ2) is 4.76. The number of hydrogen-bond donors (Lipinski definition) is 1. The summed E-state index contributed by atoms with van der Waals surface area (Å²) in [6.07, 6.45) is 0.837. The van der Waals surface area contributed by atoms with E-state index in [1.54, 1.807) is 0 Å². The Morgan fingerprint density at radius 1 is 1.22 bits per heavy atom. The first-order valence-corrected chi connectivity index (χ1v) is 6.24. The van der Waals surface area contributed by atoms with Crippen LogP contribution in [-0.4, -0.2) is 43.8 Å². The monoisotopic (exact) mass is 248 g/mol. The predicted octanol–water partition coefficient (Wildman–Crippen LogP) is 1.03. The largest absolute Gasteiger partial charge is 0.486 e. The minimum atomic E-state index is 0.0348. The lowest BCUT2D eigenvalue weighted by atomic mass is 10.1. The van der Waals surface area contributed by atoms with Crippen molar-refractivity contribution in [3.8, 4) is 11.5 Å². The molecule has 0 saturated carbocycles. The third-order valence-corrected chi connectivity index (χ3v) is 3.22. The van der Waals surface area contributed by atoms with Gasteiger partial charge in [-0.2, -0.15) is 0 Å². The zero-order valence-corrected chi connectivity index (χ0v) is 10.1. The lowest BCUT2D eigenvalue weighted by molar-refractivity contribution is 0.171. The quantitative estimate of drug-likeness (QED) is 0.869. The molecule has 2 aliphatic heterocycles. The summed E-state index contributed by atoms with van der Waals surface area (Å²) < 4.78 is 11.0. The zero-order chi connectivity index (χ0) is 12.4. The molecule has 0 atom stereocenters. The average Bonchev–Trinajstić information content (AvgIpc) is 2.82. The molecule has 5 nitrogen and oxygen atoms in total. The maximum atomic E-state index is 11.4. The number of benzene rings is 1. The summed E-state index contributed by atoms with van der Waals surface area (Å²) in [5, 5.41) is 2.80. The lowest BCUT2D eigenvalue weighted by Gasteiger charge is -2.19. The number of nitrogens with one attached hydrogen (secondary N) is 1. The van der Waals surface area contributed by atoms with Crippen molar-refractivity contribution in [2.24, 2.45) is 0 Å². The first kappa shape index (κ1) is 11.2. The fourth-order valence-electron chi connectivity index (χ4n) is 2.23. The van der Waals surface area contributed by atoms with Crippen LogP contribution in [0.15, 0.2) is 18.2 Å². The van der Waals surface area contributed by atoms with E-state index in [-0.39, 0.29) is 6.03 Å². The van der Waals surface area contributed by atoms with Crippen molar-refractivity contribution in [2.45, 2.75) is 6.42 Å². The van der Waals surface area contributed by atoms with Gasteiger partial charge in [-0.15, -0.1) is 0 Å². The van der Waals surface area contributed by atoms with Gasteiger partial charge in [-0.1, -0.05) is 6.07 Å². The summed E-state index contributed by atoms with van der Waals surface area (Å²) in [5.74, 6) is 1.62. The number of carbonyl (C=O) groups excluding carboxylic acids is 1. The Hall–Kier alpha value is -1.91. The summed E-state index contributed by atoms with van der Waals surface area (Å²) in [5.41, 5.74) is 1.17. The third-order valence-electron chi connectivity index (χ3n) is 3.22. The fraction of sp³-hybridized carbons (Fsp3) is 0.462. The first-order valence-electron chi connectivity index (χ1n) is 6.24. The smallest absolute Gasteiger partial charge is 0.317 e. The van der Waals surface area contributed by atoms with Gasteiger partial charge in [-0.05, 0) is 24.1 Å². The van der Waals surface area contributed by atoms with Crippen LogP contribution in [0.2, 0.25) is 0 Å². The topological polar surface area (TPSA) is 50.8 Å². The Kier molecular flexibility index (Phi) is 2.96. The minimum absolute atomic E-state index is 0.0348. The van der Waals surface area contributed by atoms with Crippen LogP contribution in [0, 0.1) is 0 Å². The highest BCUT2D eigenvalue weighted by Gasteiger charge is 2.19. The normalized spacial score (nSPS) is 17.8. The van der Waals surface area contributed by atoms with E-state index < -0.39 is 0 Å². The van der Waals surface area contributed by atoms with Gasteiger partial charge in [0.05, 0.1) is 0 Å². The molecule has 5 heteroatoms. The molecule has 0 aliphatic carbocycles. The zero-order valence-electron chi connectivity index (χ0n) is 10.1. The second-order valence-electron chi connectivity index (χ2n) is 4.45. The van der Waals surface area contributed by atoms with Gasteiger partial charge in [-0.25, -0.2) is 4.79 Å². The number of rotatable bonds is 3. The van der Waals surface area contributed by atoms with E-state index in [1.165, 1.54) is 5.56 Å². The van der Waals surface area contributed by atoms with Crippen LogP contribution in [-0.2, 0) is 6.42 Å². The van der Waals surface area contributed by atoms with Gasteiger partial charge in [0.2, 0.25) is 0 Å². The molecule has 0 spiro atoms. The van der Waals surface area contributed by atoms with Crippen LogP contribution in [0.4, 0.5) is 4.79 Å². The van der Waals surface area contributed by atoms with Crippen molar-refractivity contribution >= 4 is 6.03 Å². The van der Waals surface area contributed by atoms with Gasteiger partial charge in [0.1, 0.15) is 13.2 Å². The molecule has 18 heavy (non-hydrogen) atoms. The molecule has 0 bridgehead atoms. The Bertz CT molecular complexity index is 462. The van der Waals surface area contributed by atoms with Gasteiger partial charge in [0.15, 0.2) is 11.5 Å². The second-order valence-corrected chi connectivity index (χ2v) is 4.45. The Labute approximate surface area is 106 Å². The highest BCUT2D eigenvalue weighted by molar-refractivity contribution is 5.76. The molecule has 1 aromatic carbocycles. The number of fused-ring (bicyclic) bond motifs is 1.